The Morgan fingerprint density at radius 3 is 2.85 bits per heavy atom. The number of hydrogen-bond donors (Lipinski definition) is 1. The van der Waals surface area contributed by atoms with E-state index in [0.717, 1.165) is 28.0 Å². The standard InChI is InChI=1S/C19H24N4O2S/c1-12(2)23-18-15(11-21-23)14(19(24)20-8-5-9-25-4)10-16(22-18)17-7-6-13(3)26-17/h6-7,10-12H,5,8-9H2,1-4H3,(H,20,24). The van der Waals surface area contributed by atoms with E-state index in [1.807, 2.05) is 16.8 Å². The van der Waals surface area contributed by atoms with Crippen LogP contribution in [-0.4, -0.2) is 40.9 Å². The highest BCUT2D eigenvalue weighted by molar-refractivity contribution is 7.15. The number of thiophene rings is 1. The molecule has 0 aromatic carbocycles. The number of fused-ring (bicyclic) bond motifs is 1. The molecular weight excluding hydrogens is 348 g/mol. The predicted molar refractivity (Wildman–Crippen MR) is 105 cm³/mol. The number of aryl methyl sites for hydroxylation is 1. The summed E-state index contributed by atoms with van der Waals surface area (Å²) in [6.07, 6.45) is 2.51. The van der Waals surface area contributed by atoms with Gasteiger partial charge in [0.25, 0.3) is 5.91 Å². The van der Waals surface area contributed by atoms with Gasteiger partial charge in [0.1, 0.15) is 0 Å². The fourth-order valence-corrected chi connectivity index (χ4v) is 3.62. The molecule has 138 valence electrons. The van der Waals surface area contributed by atoms with E-state index in [-0.39, 0.29) is 11.9 Å². The molecule has 0 aliphatic carbocycles. The van der Waals surface area contributed by atoms with Gasteiger partial charge in [-0.05, 0) is 45.4 Å². The molecule has 6 nitrogen and oxygen atoms in total. The monoisotopic (exact) mass is 372 g/mol. The first-order valence-corrected chi connectivity index (χ1v) is 9.55. The zero-order valence-corrected chi connectivity index (χ0v) is 16.4. The number of carbonyl (C=O) groups is 1. The second kappa shape index (κ2) is 7.97. The van der Waals surface area contributed by atoms with E-state index < -0.39 is 0 Å². The maximum absolute atomic E-state index is 12.8. The van der Waals surface area contributed by atoms with Gasteiger partial charge in [-0.25, -0.2) is 9.67 Å². The minimum atomic E-state index is -0.105. The van der Waals surface area contributed by atoms with Crippen LogP contribution < -0.4 is 5.32 Å². The van der Waals surface area contributed by atoms with Gasteiger partial charge >= 0.3 is 0 Å². The van der Waals surface area contributed by atoms with Crippen molar-refractivity contribution in [2.24, 2.45) is 0 Å². The van der Waals surface area contributed by atoms with Crippen LogP contribution in [0, 0.1) is 6.92 Å². The third-order valence-corrected chi connectivity index (χ3v) is 5.13. The van der Waals surface area contributed by atoms with E-state index in [4.69, 9.17) is 9.72 Å². The lowest BCUT2D eigenvalue weighted by Crippen LogP contribution is -2.25. The van der Waals surface area contributed by atoms with Crippen molar-refractivity contribution in [2.45, 2.75) is 33.2 Å². The number of carbonyl (C=O) groups excluding carboxylic acids is 1. The van der Waals surface area contributed by atoms with Crippen LogP contribution in [0.2, 0.25) is 0 Å². The average Bonchev–Trinajstić information content (AvgIpc) is 3.23. The van der Waals surface area contributed by atoms with Crippen molar-refractivity contribution < 1.29 is 9.53 Å². The largest absolute Gasteiger partial charge is 0.385 e. The van der Waals surface area contributed by atoms with Crippen LogP contribution >= 0.6 is 11.3 Å². The van der Waals surface area contributed by atoms with Gasteiger partial charge < -0.3 is 10.1 Å². The number of amides is 1. The van der Waals surface area contributed by atoms with Crippen molar-refractivity contribution in [3.05, 3.63) is 34.8 Å². The second-order valence-corrected chi connectivity index (χ2v) is 7.78. The lowest BCUT2D eigenvalue weighted by molar-refractivity contribution is 0.0950. The third kappa shape index (κ3) is 3.78. The van der Waals surface area contributed by atoms with E-state index >= 15 is 0 Å². The van der Waals surface area contributed by atoms with Gasteiger partial charge in [-0.15, -0.1) is 11.3 Å². The fourth-order valence-electron chi connectivity index (χ4n) is 2.80. The smallest absolute Gasteiger partial charge is 0.252 e. The molecule has 0 fully saturated rings. The molecule has 3 heterocycles. The molecule has 0 unspecified atom stereocenters. The zero-order chi connectivity index (χ0) is 18.7. The highest BCUT2D eigenvalue weighted by Gasteiger charge is 2.18. The predicted octanol–water partition coefficient (Wildman–Crippen LogP) is 3.82. The lowest BCUT2D eigenvalue weighted by atomic mass is 10.1. The number of pyridine rings is 1. The summed E-state index contributed by atoms with van der Waals surface area (Å²) in [5.74, 6) is -0.105. The van der Waals surface area contributed by atoms with Crippen molar-refractivity contribution in [2.75, 3.05) is 20.3 Å². The molecule has 3 rings (SSSR count). The Kier molecular flexibility index (Phi) is 5.68. The topological polar surface area (TPSA) is 69.0 Å². The minimum absolute atomic E-state index is 0.105. The fraction of sp³-hybridized carbons (Fsp3) is 0.421. The van der Waals surface area contributed by atoms with Crippen LogP contribution in [0.15, 0.2) is 24.4 Å². The van der Waals surface area contributed by atoms with Crippen LogP contribution in [0.3, 0.4) is 0 Å². The molecular formula is C19H24N4O2S. The number of rotatable bonds is 7. The molecule has 3 aromatic rings. The molecule has 1 N–H and O–H groups in total. The van der Waals surface area contributed by atoms with Crippen molar-refractivity contribution in [3.63, 3.8) is 0 Å². The van der Waals surface area contributed by atoms with Crippen molar-refractivity contribution >= 4 is 28.3 Å². The number of nitrogens with zero attached hydrogens (tertiary/aromatic N) is 3. The quantitative estimate of drug-likeness (QED) is 0.640. The molecule has 0 saturated carbocycles. The molecule has 0 aliphatic rings. The van der Waals surface area contributed by atoms with E-state index in [2.05, 4.69) is 37.3 Å². The van der Waals surface area contributed by atoms with E-state index in [9.17, 15) is 4.79 Å². The van der Waals surface area contributed by atoms with Gasteiger partial charge in [-0.3, -0.25) is 4.79 Å². The molecule has 7 heteroatoms. The summed E-state index contributed by atoms with van der Waals surface area (Å²) in [6, 6.07) is 6.14. The molecule has 0 atom stereocenters. The normalized spacial score (nSPS) is 11.4. The maximum atomic E-state index is 12.8. The van der Waals surface area contributed by atoms with Gasteiger partial charge in [0.15, 0.2) is 5.65 Å². The SMILES string of the molecule is COCCCNC(=O)c1cc(-c2ccc(C)s2)nc2c1cnn2C(C)C. The summed E-state index contributed by atoms with van der Waals surface area (Å²) in [4.78, 5) is 19.8. The van der Waals surface area contributed by atoms with Crippen molar-refractivity contribution in [1.82, 2.24) is 20.1 Å². The number of aromatic nitrogens is 3. The zero-order valence-electron chi connectivity index (χ0n) is 15.6. The molecule has 0 radical (unpaired) electrons. The van der Waals surface area contributed by atoms with Crippen LogP contribution in [0.25, 0.3) is 21.6 Å². The lowest BCUT2D eigenvalue weighted by Gasteiger charge is -2.10. The van der Waals surface area contributed by atoms with E-state index in [1.165, 1.54) is 4.88 Å². The first kappa shape index (κ1) is 18.5. The third-order valence-electron chi connectivity index (χ3n) is 4.10. The number of ether oxygens (including phenoxy) is 1. The number of nitrogens with one attached hydrogen (secondary N) is 1. The Morgan fingerprint density at radius 1 is 1.38 bits per heavy atom. The van der Waals surface area contributed by atoms with Crippen LogP contribution in [0.1, 0.15) is 41.5 Å². The van der Waals surface area contributed by atoms with Gasteiger partial charge in [-0.2, -0.15) is 5.10 Å². The molecule has 0 bridgehead atoms. The first-order valence-electron chi connectivity index (χ1n) is 8.73. The number of hydrogen-bond acceptors (Lipinski definition) is 5. The Balaban J connectivity index is 2.04. The maximum Gasteiger partial charge on any atom is 0.252 e. The molecule has 1 amide bonds. The summed E-state index contributed by atoms with van der Waals surface area (Å²) in [7, 11) is 1.66. The Bertz CT molecular complexity index is 914. The van der Waals surface area contributed by atoms with Crippen LogP contribution in [-0.2, 0) is 4.74 Å². The second-order valence-electron chi connectivity index (χ2n) is 6.49. The molecule has 0 saturated heterocycles. The van der Waals surface area contributed by atoms with Gasteiger partial charge in [0.05, 0.1) is 27.7 Å². The molecule has 3 aromatic heterocycles. The summed E-state index contributed by atoms with van der Waals surface area (Å²) in [5.41, 5.74) is 2.16. The Hall–Kier alpha value is -2.25. The number of methoxy groups -OCH3 is 1. The average molecular weight is 372 g/mol. The molecule has 0 aliphatic heterocycles. The van der Waals surface area contributed by atoms with Gasteiger partial charge in [0.2, 0.25) is 0 Å². The van der Waals surface area contributed by atoms with Crippen LogP contribution in [0.4, 0.5) is 0 Å². The van der Waals surface area contributed by atoms with Crippen molar-refractivity contribution in [3.8, 4) is 10.6 Å². The van der Waals surface area contributed by atoms with Gasteiger partial charge in [0, 0.05) is 31.2 Å². The molecule has 0 spiro atoms. The summed E-state index contributed by atoms with van der Waals surface area (Å²) < 4.78 is 6.90. The molecule has 26 heavy (non-hydrogen) atoms. The summed E-state index contributed by atoms with van der Waals surface area (Å²) >= 11 is 1.67. The Morgan fingerprint density at radius 2 is 2.19 bits per heavy atom. The van der Waals surface area contributed by atoms with Crippen LogP contribution in [0.5, 0.6) is 0 Å². The highest BCUT2D eigenvalue weighted by atomic mass is 32.1. The first-order chi connectivity index (χ1) is 12.5. The minimum Gasteiger partial charge on any atom is -0.385 e. The van der Waals surface area contributed by atoms with Crippen molar-refractivity contribution in [1.29, 1.82) is 0 Å². The van der Waals surface area contributed by atoms with Gasteiger partial charge in [-0.1, -0.05) is 0 Å². The summed E-state index contributed by atoms with van der Waals surface area (Å²) in [6.45, 7) is 7.37. The van der Waals surface area contributed by atoms with E-state index in [1.54, 1.807) is 24.6 Å². The Labute approximate surface area is 157 Å². The summed E-state index contributed by atoms with van der Waals surface area (Å²) in [5, 5.41) is 8.19. The highest BCUT2D eigenvalue weighted by Crippen LogP contribution is 2.30. The van der Waals surface area contributed by atoms with E-state index in [0.29, 0.717) is 18.7 Å².